The number of likely N-dealkylation sites (tertiary alicyclic amines) is 1. The number of benzene rings is 2. The van der Waals surface area contributed by atoms with E-state index in [2.05, 4.69) is 29.2 Å². The third kappa shape index (κ3) is 4.38. The van der Waals surface area contributed by atoms with Crippen LogP contribution in [0.1, 0.15) is 24.1 Å². The van der Waals surface area contributed by atoms with E-state index in [9.17, 15) is 4.79 Å². The first kappa shape index (κ1) is 21.4. The van der Waals surface area contributed by atoms with E-state index < -0.39 is 0 Å². The Morgan fingerprint density at radius 1 is 0.938 bits per heavy atom. The summed E-state index contributed by atoms with van der Waals surface area (Å²) in [5.74, 6) is 0.745. The van der Waals surface area contributed by atoms with Gasteiger partial charge in [-0.2, -0.15) is 0 Å². The van der Waals surface area contributed by atoms with Crippen molar-refractivity contribution in [2.75, 3.05) is 19.6 Å². The Hall–Kier alpha value is -2.47. The van der Waals surface area contributed by atoms with Crippen molar-refractivity contribution in [3.8, 4) is 22.5 Å². The number of aromatic nitrogens is 2. The average molecular weight is 464 g/mol. The summed E-state index contributed by atoms with van der Waals surface area (Å²) in [4.78, 5) is 22.0. The monoisotopic (exact) mass is 463 g/mol. The molecule has 6 heteroatoms. The zero-order chi connectivity index (χ0) is 22.1. The summed E-state index contributed by atoms with van der Waals surface area (Å²) in [6.07, 6.45) is 3.80. The van der Waals surface area contributed by atoms with Gasteiger partial charge in [0.25, 0.3) is 5.56 Å². The first-order valence-electron chi connectivity index (χ1n) is 11.2. The van der Waals surface area contributed by atoms with Crippen LogP contribution < -0.4 is 5.56 Å². The number of hydrogen-bond donors (Lipinski definition) is 0. The minimum atomic E-state index is 0.0685. The number of nitrogens with zero attached hydrogens (tertiary/aromatic N) is 3. The molecule has 0 unspecified atom stereocenters. The number of hydrogen-bond acceptors (Lipinski definition) is 4. The summed E-state index contributed by atoms with van der Waals surface area (Å²) in [7, 11) is 0. The Morgan fingerprint density at radius 3 is 2.44 bits per heavy atom. The number of rotatable bonds is 5. The van der Waals surface area contributed by atoms with Crippen molar-refractivity contribution in [2.45, 2.75) is 32.7 Å². The summed E-state index contributed by atoms with van der Waals surface area (Å²) in [5.41, 5.74) is 3.98. The highest BCUT2D eigenvalue weighted by atomic mass is 35.5. The predicted molar refractivity (Wildman–Crippen MR) is 135 cm³/mol. The molecule has 0 N–H and O–H groups in total. The summed E-state index contributed by atoms with van der Waals surface area (Å²) in [6, 6.07) is 18.1. The second kappa shape index (κ2) is 9.18. The van der Waals surface area contributed by atoms with Crippen LogP contribution in [0, 0.1) is 6.92 Å². The number of piperidine rings is 1. The van der Waals surface area contributed by atoms with Crippen molar-refractivity contribution in [1.29, 1.82) is 0 Å². The van der Waals surface area contributed by atoms with Gasteiger partial charge in [0.05, 0.1) is 5.52 Å². The topological polar surface area (TPSA) is 38.1 Å². The molecule has 3 heterocycles. The van der Waals surface area contributed by atoms with E-state index in [1.165, 1.54) is 30.6 Å². The number of thiophene rings is 1. The van der Waals surface area contributed by atoms with Gasteiger partial charge in [0, 0.05) is 28.6 Å². The summed E-state index contributed by atoms with van der Waals surface area (Å²) in [5, 5.41) is 0.720. The van der Waals surface area contributed by atoms with E-state index in [1.54, 1.807) is 0 Å². The lowest BCUT2D eigenvalue weighted by Crippen LogP contribution is -2.35. The Labute approximate surface area is 197 Å². The quantitative estimate of drug-likeness (QED) is 0.351. The van der Waals surface area contributed by atoms with E-state index in [4.69, 9.17) is 16.6 Å². The third-order valence-corrected chi connectivity index (χ3v) is 7.41. The van der Waals surface area contributed by atoms with Gasteiger partial charge >= 0.3 is 0 Å². The Kier molecular flexibility index (Phi) is 6.13. The van der Waals surface area contributed by atoms with E-state index in [1.807, 2.05) is 41.8 Å². The molecule has 164 valence electrons. The fourth-order valence-electron chi connectivity index (χ4n) is 4.46. The molecular formula is C26H26ClN3OS. The van der Waals surface area contributed by atoms with Gasteiger partial charge in [-0.05, 0) is 62.2 Å². The van der Waals surface area contributed by atoms with Gasteiger partial charge in [0.2, 0.25) is 0 Å². The molecule has 1 aliphatic rings. The van der Waals surface area contributed by atoms with E-state index in [0.717, 1.165) is 62.3 Å². The molecule has 1 fully saturated rings. The second-order valence-corrected chi connectivity index (χ2v) is 10.1. The van der Waals surface area contributed by atoms with Crippen molar-refractivity contribution in [3.05, 3.63) is 74.9 Å². The molecule has 2 aromatic carbocycles. The number of halogens is 1. The third-order valence-electron chi connectivity index (χ3n) is 6.15. The van der Waals surface area contributed by atoms with Gasteiger partial charge < -0.3 is 4.90 Å². The first-order chi connectivity index (χ1) is 15.6. The van der Waals surface area contributed by atoms with Gasteiger partial charge in [-0.1, -0.05) is 54.4 Å². The molecule has 0 amide bonds. The van der Waals surface area contributed by atoms with Crippen LogP contribution in [-0.2, 0) is 6.54 Å². The molecule has 0 saturated carbocycles. The van der Waals surface area contributed by atoms with Crippen LogP contribution in [0.4, 0.5) is 0 Å². The molecule has 2 aromatic heterocycles. The maximum absolute atomic E-state index is 13.4. The van der Waals surface area contributed by atoms with Crippen LogP contribution in [-0.4, -0.2) is 34.1 Å². The van der Waals surface area contributed by atoms with Crippen LogP contribution in [0.3, 0.4) is 0 Å². The minimum Gasteiger partial charge on any atom is -0.302 e. The molecule has 0 atom stereocenters. The van der Waals surface area contributed by atoms with Crippen molar-refractivity contribution >= 4 is 33.2 Å². The van der Waals surface area contributed by atoms with Crippen molar-refractivity contribution in [2.24, 2.45) is 0 Å². The van der Waals surface area contributed by atoms with E-state index in [-0.39, 0.29) is 5.56 Å². The van der Waals surface area contributed by atoms with Gasteiger partial charge in [0.15, 0.2) is 0 Å². The molecule has 0 radical (unpaired) electrons. The van der Waals surface area contributed by atoms with Crippen molar-refractivity contribution in [1.82, 2.24) is 14.5 Å². The highest BCUT2D eigenvalue weighted by Crippen LogP contribution is 2.28. The molecule has 4 aromatic rings. The van der Waals surface area contributed by atoms with Gasteiger partial charge in [-0.3, -0.25) is 9.36 Å². The summed E-state index contributed by atoms with van der Waals surface area (Å²) >= 11 is 7.70. The van der Waals surface area contributed by atoms with Crippen LogP contribution in [0.25, 0.3) is 32.7 Å². The van der Waals surface area contributed by atoms with Gasteiger partial charge in [-0.25, -0.2) is 4.98 Å². The van der Waals surface area contributed by atoms with Crippen LogP contribution >= 0.6 is 22.9 Å². The Balaban J connectivity index is 1.53. The number of aryl methyl sites for hydroxylation is 1. The zero-order valence-corrected chi connectivity index (χ0v) is 19.8. The molecule has 5 rings (SSSR count). The molecule has 1 aliphatic heterocycles. The Bertz CT molecular complexity index is 1300. The molecule has 4 nitrogen and oxygen atoms in total. The predicted octanol–water partition coefficient (Wildman–Crippen LogP) is 6.24. The smallest absolute Gasteiger partial charge is 0.271 e. The molecular weight excluding hydrogens is 438 g/mol. The lowest BCUT2D eigenvalue weighted by Gasteiger charge is -2.27. The minimum absolute atomic E-state index is 0.0685. The van der Waals surface area contributed by atoms with Crippen LogP contribution in [0.5, 0.6) is 0 Å². The van der Waals surface area contributed by atoms with E-state index >= 15 is 0 Å². The molecule has 0 aliphatic carbocycles. The van der Waals surface area contributed by atoms with Gasteiger partial charge in [0.1, 0.15) is 10.5 Å². The van der Waals surface area contributed by atoms with E-state index in [0.29, 0.717) is 6.54 Å². The normalized spacial score (nSPS) is 14.8. The second-order valence-electron chi connectivity index (χ2n) is 8.45. The highest BCUT2D eigenvalue weighted by Gasteiger charge is 2.17. The lowest BCUT2D eigenvalue weighted by molar-refractivity contribution is 0.220. The SMILES string of the molecule is Cc1cc2nc(-c3ccc(-c4cccc(Cl)c4)cc3)n(CCN3CCCCC3)c(=O)c2s1. The Morgan fingerprint density at radius 2 is 1.69 bits per heavy atom. The first-order valence-corrected chi connectivity index (χ1v) is 12.4. The van der Waals surface area contributed by atoms with Gasteiger partial charge in [-0.15, -0.1) is 11.3 Å². The maximum atomic E-state index is 13.4. The van der Waals surface area contributed by atoms with Crippen LogP contribution in [0.2, 0.25) is 5.02 Å². The summed E-state index contributed by atoms with van der Waals surface area (Å²) < 4.78 is 2.63. The number of fused-ring (bicyclic) bond motifs is 1. The van der Waals surface area contributed by atoms with Crippen molar-refractivity contribution in [3.63, 3.8) is 0 Å². The lowest BCUT2D eigenvalue weighted by atomic mass is 10.0. The fourth-order valence-corrected chi connectivity index (χ4v) is 5.55. The molecule has 32 heavy (non-hydrogen) atoms. The molecule has 0 spiro atoms. The highest BCUT2D eigenvalue weighted by molar-refractivity contribution is 7.18. The fraction of sp³-hybridized carbons (Fsp3) is 0.308. The average Bonchev–Trinajstić information content (AvgIpc) is 3.20. The standard InChI is InChI=1S/C26H26ClN3OS/c1-18-16-23-24(32-18)26(31)30(15-14-29-12-3-2-4-13-29)25(28-23)20-10-8-19(9-11-20)21-6-5-7-22(27)17-21/h5-11,16-17H,2-4,12-15H2,1H3. The largest absolute Gasteiger partial charge is 0.302 e. The summed E-state index contributed by atoms with van der Waals surface area (Å²) in [6.45, 7) is 5.80. The zero-order valence-electron chi connectivity index (χ0n) is 18.2. The van der Waals surface area contributed by atoms with Crippen molar-refractivity contribution < 1.29 is 0 Å². The molecule has 0 bridgehead atoms. The van der Waals surface area contributed by atoms with Crippen LogP contribution in [0.15, 0.2) is 59.4 Å². The maximum Gasteiger partial charge on any atom is 0.271 e. The molecule has 1 saturated heterocycles.